The van der Waals surface area contributed by atoms with Gasteiger partial charge in [0.2, 0.25) is 13.2 Å². The number of nitrogens with one attached hydrogen (secondary N) is 2. The maximum Gasteiger partial charge on any atom is 0.420 e. The molecule has 0 spiro atoms. The number of anilines is 1. The summed E-state index contributed by atoms with van der Waals surface area (Å²) < 4.78 is 38.3. The molecule has 1 aromatic rings. The lowest BCUT2D eigenvalue weighted by atomic mass is 9.66. The topological polar surface area (TPSA) is 65.8 Å². The molecule has 2 aliphatic heterocycles. The predicted molar refractivity (Wildman–Crippen MR) is 136 cm³/mol. The van der Waals surface area contributed by atoms with Crippen molar-refractivity contribution in [2.45, 2.75) is 52.1 Å². The monoisotopic (exact) mass is 487 g/mol. The van der Waals surface area contributed by atoms with E-state index in [1.54, 1.807) is 12.1 Å². The van der Waals surface area contributed by atoms with E-state index in [0.717, 1.165) is 31.2 Å². The number of hydrogen-bond acceptors (Lipinski definition) is 4. The third-order valence-corrected chi connectivity index (χ3v) is 6.68. The fraction of sp³-hybridized carbons (Fsp3) is 0.375. The van der Waals surface area contributed by atoms with E-state index < -0.39 is 17.7 Å². The van der Waals surface area contributed by atoms with Gasteiger partial charge < -0.3 is 5.32 Å². The highest BCUT2D eigenvalue weighted by atomic mass is 31.1. The lowest BCUT2D eigenvalue weighted by Crippen LogP contribution is -2.31. The summed E-state index contributed by atoms with van der Waals surface area (Å²) in [6.45, 7) is 8.40. The molecule has 2 heterocycles. The molecule has 1 radical (unpaired) electrons. The lowest BCUT2D eigenvalue weighted by molar-refractivity contribution is -0.112. The van der Waals surface area contributed by atoms with Gasteiger partial charge in [-0.15, -0.1) is 0 Å². The van der Waals surface area contributed by atoms with Crippen molar-refractivity contribution in [2.75, 3.05) is 5.32 Å². The molecule has 0 saturated heterocycles. The highest BCUT2D eigenvalue weighted by Crippen LogP contribution is 2.39. The van der Waals surface area contributed by atoms with Crippen LogP contribution in [0.2, 0.25) is 0 Å². The maximum absolute atomic E-state index is 12.8. The molecule has 2 N–H and O–H groups in total. The van der Waals surface area contributed by atoms with Crippen molar-refractivity contribution >= 4 is 39.3 Å². The first-order valence-corrected chi connectivity index (χ1v) is 12.2. The van der Waals surface area contributed by atoms with Gasteiger partial charge in [-0.2, -0.15) is 13.2 Å². The summed E-state index contributed by atoms with van der Waals surface area (Å²) >= 11 is 0. The van der Waals surface area contributed by atoms with Crippen LogP contribution in [0.15, 0.2) is 69.1 Å². The Morgan fingerprint density at radius 3 is 2.71 bits per heavy atom. The van der Waals surface area contributed by atoms with Crippen LogP contribution in [0.3, 0.4) is 0 Å². The van der Waals surface area contributed by atoms with Crippen molar-refractivity contribution in [3.63, 3.8) is 0 Å². The Morgan fingerprint density at radius 2 is 2.06 bits per heavy atom. The molecule has 1 aromatic carbocycles. The zero-order valence-corrected chi connectivity index (χ0v) is 20.6. The van der Waals surface area contributed by atoms with Crippen LogP contribution < -0.4 is 10.6 Å². The second-order valence-electron chi connectivity index (χ2n) is 8.53. The molecule has 34 heavy (non-hydrogen) atoms. The summed E-state index contributed by atoms with van der Waals surface area (Å²) in [4.78, 5) is 20.3. The SMILES string of the molecule is C/C=C1/N=CC(NC(C)c2cccc(NC(=O)C3=CN=C(C(F)(F)F)[B]3)c2)P/C1=C\CC(C)C. The quantitative estimate of drug-likeness (QED) is 0.382. The van der Waals surface area contributed by atoms with Gasteiger partial charge in [0.25, 0.3) is 0 Å². The minimum atomic E-state index is -4.58. The summed E-state index contributed by atoms with van der Waals surface area (Å²) in [5.41, 5.74) is 1.24. The zero-order chi connectivity index (χ0) is 24.9. The highest BCUT2D eigenvalue weighted by molar-refractivity contribution is 7.45. The fourth-order valence-electron chi connectivity index (χ4n) is 3.43. The molecule has 0 bridgehead atoms. The molecule has 5 nitrogen and oxygen atoms in total. The first kappa shape index (κ1) is 26.1. The van der Waals surface area contributed by atoms with Crippen LogP contribution in [0.5, 0.6) is 0 Å². The molecular weight excluding hydrogens is 459 g/mol. The second-order valence-corrected chi connectivity index (χ2v) is 9.98. The van der Waals surface area contributed by atoms with Gasteiger partial charge in [0.05, 0.1) is 17.1 Å². The average Bonchev–Trinajstić information content (AvgIpc) is 3.29. The predicted octanol–water partition coefficient (Wildman–Crippen LogP) is 5.72. The zero-order valence-electron chi connectivity index (χ0n) is 19.6. The van der Waals surface area contributed by atoms with Crippen LogP contribution in [0.1, 0.15) is 45.7 Å². The third-order valence-electron chi connectivity index (χ3n) is 5.28. The largest absolute Gasteiger partial charge is 0.420 e. The summed E-state index contributed by atoms with van der Waals surface area (Å²) in [7, 11) is 1.29. The van der Waals surface area contributed by atoms with E-state index in [9.17, 15) is 18.0 Å². The van der Waals surface area contributed by atoms with E-state index in [1.807, 2.05) is 38.3 Å². The first-order chi connectivity index (χ1) is 16.1. The van der Waals surface area contributed by atoms with Crippen LogP contribution >= 0.6 is 8.58 Å². The minimum absolute atomic E-state index is 0.0308. The lowest BCUT2D eigenvalue weighted by Gasteiger charge is -2.26. The molecular formula is C24H28BF3N4OP. The van der Waals surface area contributed by atoms with Crippen LogP contribution in [0.25, 0.3) is 0 Å². The number of nitrogens with zero attached hydrogens (tertiary/aromatic N) is 2. The van der Waals surface area contributed by atoms with E-state index in [-0.39, 0.29) is 17.3 Å². The van der Waals surface area contributed by atoms with Crippen molar-refractivity contribution in [3.05, 3.63) is 64.7 Å². The van der Waals surface area contributed by atoms with Gasteiger partial charge in [-0.1, -0.05) is 46.7 Å². The van der Waals surface area contributed by atoms with Crippen LogP contribution in [-0.2, 0) is 4.79 Å². The van der Waals surface area contributed by atoms with E-state index in [2.05, 4.69) is 40.5 Å². The van der Waals surface area contributed by atoms with Crippen molar-refractivity contribution in [1.29, 1.82) is 0 Å². The summed E-state index contributed by atoms with van der Waals surface area (Å²) in [6.07, 6.45) is 3.58. The molecule has 0 aromatic heterocycles. The van der Waals surface area contributed by atoms with Gasteiger partial charge in [0, 0.05) is 29.6 Å². The molecule has 3 unspecified atom stereocenters. The Morgan fingerprint density at radius 1 is 1.29 bits per heavy atom. The number of allylic oxidation sites excluding steroid dienone is 3. The number of hydrogen-bond donors (Lipinski definition) is 2. The van der Waals surface area contributed by atoms with Crippen molar-refractivity contribution in [2.24, 2.45) is 15.9 Å². The number of amides is 1. The maximum atomic E-state index is 12.8. The Bertz CT molecular complexity index is 1080. The van der Waals surface area contributed by atoms with Crippen molar-refractivity contribution in [3.8, 4) is 0 Å². The number of rotatable bonds is 7. The van der Waals surface area contributed by atoms with Crippen LogP contribution in [0.4, 0.5) is 18.9 Å². The molecule has 3 rings (SSSR count). The number of carbonyl (C=O) groups excluding carboxylic acids is 1. The van der Waals surface area contributed by atoms with E-state index in [1.165, 1.54) is 5.31 Å². The first-order valence-electron chi connectivity index (χ1n) is 11.1. The molecule has 10 heteroatoms. The Kier molecular flexibility index (Phi) is 8.66. The molecule has 0 saturated carbocycles. The molecule has 0 aliphatic carbocycles. The Balaban J connectivity index is 1.62. The molecule has 0 fully saturated rings. The molecule has 179 valence electrons. The van der Waals surface area contributed by atoms with Crippen molar-refractivity contribution < 1.29 is 18.0 Å². The minimum Gasteiger partial charge on any atom is -0.323 e. The van der Waals surface area contributed by atoms with Gasteiger partial charge in [-0.3, -0.25) is 20.1 Å². The summed E-state index contributed by atoms with van der Waals surface area (Å²) in [6, 6.07) is 7.22. The van der Waals surface area contributed by atoms with Gasteiger partial charge in [-0.25, -0.2) is 0 Å². The van der Waals surface area contributed by atoms with Gasteiger partial charge in [0.15, 0.2) is 0 Å². The van der Waals surface area contributed by atoms with Gasteiger partial charge >= 0.3 is 6.18 Å². The number of aliphatic imine (C=N–C) groups is 2. The van der Waals surface area contributed by atoms with Crippen LogP contribution in [-0.4, -0.2) is 37.0 Å². The number of halogens is 3. The number of carbonyl (C=O) groups is 1. The third kappa shape index (κ3) is 7.00. The van der Waals surface area contributed by atoms with Gasteiger partial charge in [0.1, 0.15) is 0 Å². The summed E-state index contributed by atoms with van der Waals surface area (Å²) in [5, 5.41) is 7.49. The standard InChI is InChI=1S/C24H28BF3N4OP/c1-5-19-20(10-9-14(2)3)34-21(13-29-19)31-15(4)16-7-6-8-17(11-16)32-22(33)18-12-30-23(25-18)24(26,27)28/h5-8,10-15,21,31,34H,9H2,1-4H3,(H,32,33)/b19-5+,20-10-. The van der Waals surface area contributed by atoms with Crippen LogP contribution in [0, 0.1) is 5.92 Å². The number of benzene rings is 1. The number of alkyl halides is 3. The smallest absolute Gasteiger partial charge is 0.323 e. The van der Waals surface area contributed by atoms with E-state index in [0.29, 0.717) is 20.2 Å². The van der Waals surface area contributed by atoms with E-state index >= 15 is 0 Å². The van der Waals surface area contributed by atoms with Gasteiger partial charge in [-0.05, 0) is 49.2 Å². The highest BCUT2D eigenvalue weighted by Gasteiger charge is 2.39. The molecule has 3 atom stereocenters. The average molecular weight is 487 g/mol. The Labute approximate surface area is 200 Å². The summed E-state index contributed by atoms with van der Waals surface area (Å²) in [5.74, 6) is 0.0285. The van der Waals surface area contributed by atoms with E-state index in [4.69, 9.17) is 0 Å². The van der Waals surface area contributed by atoms with Crippen molar-refractivity contribution in [1.82, 2.24) is 5.32 Å². The Hall–Kier alpha value is -2.51. The molecule has 2 aliphatic rings. The molecule has 1 amide bonds. The second kappa shape index (κ2) is 11.3. The normalized spacial score (nSPS) is 22.2. The fourth-order valence-corrected chi connectivity index (χ4v) is 4.84.